The average Bonchev–Trinajstić information content (AvgIpc) is 2.64. The lowest BCUT2D eigenvalue weighted by atomic mass is 10.1. The summed E-state index contributed by atoms with van der Waals surface area (Å²) in [6.07, 6.45) is 5.43. The quantitative estimate of drug-likeness (QED) is 0.295. The molecule has 0 fully saturated rings. The van der Waals surface area contributed by atoms with Crippen LogP contribution in [0.2, 0.25) is 0 Å². The minimum atomic E-state index is -0.493. The monoisotopic (exact) mass is 338 g/mol. The van der Waals surface area contributed by atoms with E-state index in [1.807, 2.05) is 24.3 Å². The molecule has 25 heavy (non-hydrogen) atoms. The fourth-order valence-corrected chi connectivity index (χ4v) is 2.69. The molecule has 2 N–H and O–H groups in total. The number of nitrogens with zero attached hydrogens (tertiary/aromatic N) is 3. The highest BCUT2D eigenvalue weighted by Gasteiger charge is 2.04. The first-order valence-corrected chi connectivity index (χ1v) is 8.18. The molecule has 128 valence electrons. The van der Waals surface area contributed by atoms with Gasteiger partial charge in [-0.15, -0.1) is 0 Å². The molecule has 5 nitrogen and oxygen atoms in total. The summed E-state index contributed by atoms with van der Waals surface area (Å²) in [5, 5.41) is 15.9. The molecule has 0 amide bonds. The van der Waals surface area contributed by atoms with Gasteiger partial charge in [0.05, 0.1) is 11.7 Å². The van der Waals surface area contributed by atoms with Crippen LogP contribution in [0.3, 0.4) is 0 Å². The number of aromatic nitrogens is 2. The minimum Gasteiger partial charge on any atom is -0.411 e. The lowest BCUT2D eigenvalue weighted by Crippen LogP contribution is -2.04. The molecule has 2 aromatic heterocycles. The number of aryl methyl sites for hydroxylation is 1. The Kier molecular flexibility index (Phi) is 5.51. The van der Waals surface area contributed by atoms with E-state index in [0.717, 1.165) is 54.3 Å². The van der Waals surface area contributed by atoms with Crippen LogP contribution in [0, 0.1) is 5.82 Å². The molecular formula is C19H19FN4O. The average molecular weight is 338 g/mol. The Morgan fingerprint density at radius 1 is 1.12 bits per heavy atom. The number of pyridine rings is 2. The van der Waals surface area contributed by atoms with Crippen molar-refractivity contribution in [2.75, 3.05) is 11.9 Å². The number of unbranched alkanes of at least 4 members (excludes halogenated alkanes) is 1. The molecule has 0 aliphatic carbocycles. The summed E-state index contributed by atoms with van der Waals surface area (Å²) >= 11 is 0. The van der Waals surface area contributed by atoms with Crippen LogP contribution in [0.5, 0.6) is 0 Å². The number of oxime groups is 1. The lowest BCUT2D eigenvalue weighted by Gasteiger charge is -2.09. The number of para-hydroxylation sites is 1. The first-order valence-electron chi connectivity index (χ1n) is 8.18. The fraction of sp³-hybridized carbons (Fsp3) is 0.211. The van der Waals surface area contributed by atoms with Gasteiger partial charge in [0.15, 0.2) is 5.82 Å². The normalized spacial score (nSPS) is 11.2. The van der Waals surface area contributed by atoms with E-state index in [2.05, 4.69) is 26.5 Å². The van der Waals surface area contributed by atoms with Crippen molar-refractivity contribution < 1.29 is 9.60 Å². The van der Waals surface area contributed by atoms with Gasteiger partial charge in [-0.25, -0.2) is 9.37 Å². The molecule has 0 radical (unpaired) electrons. The Morgan fingerprint density at radius 3 is 2.88 bits per heavy atom. The van der Waals surface area contributed by atoms with Gasteiger partial charge in [0.2, 0.25) is 0 Å². The third-order valence-electron chi connectivity index (χ3n) is 3.94. The number of hydrogen-bond donors (Lipinski definition) is 2. The van der Waals surface area contributed by atoms with E-state index < -0.39 is 5.82 Å². The number of fused-ring (bicyclic) bond motifs is 1. The van der Waals surface area contributed by atoms with Crippen molar-refractivity contribution in [3.63, 3.8) is 0 Å². The van der Waals surface area contributed by atoms with Gasteiger partial charge in [0, 0.05) is 29.5 Å². The number of halogens is 1. The van der Waals surface area contributed by atoms with Crippen molar-refractivity contribution in [2.45, 2.75) is 19.3 Å². The molecule has 3 rings (SSSR count). The molecule has 6 heteroatoms. The molecule has 0 saturated carbocycles. The first-order chi connectivity index (χ1) is 12.3. The van der Waals surface area contributed by atoms with E-state index in [9.17, 15) is 4.39 Å². The minimum absolute atomic E-state index is 0.0568. The van der Waals surface area contributed by atoms with Gasteiger partial charge >= 0.3 is 0 Å². The zero-order chi connectivity index (χ0) is 17.5. The van der Waals surface area contributed by atoms with Crippen LogP contribution >= 0.6 is 0 Å². The van der Waals surface area contributed by atoms with Crippen LogP contribution in [-0.2, 0) is 6.42 Å². The van der Waals surface area contributed by atoms with Crippen LogP contribution < -0.4 is 5.32 Å². The molecule has 0 aliphatic rings. The van der Waals surface area contributed by atoms with E-state index in [1.165, 1.54) is 6.07 Å². The van der Waals surface area contributed by atoms with Gasteiger partial charge in [0.25, 0.3) is 0 Å². The SMILES string of the molecule is ON=Cc1nc(CCCCNc2ccnc3ccccc23)ccc1F. The summed E-state index contributed by atoms with van der Waals surface area (Å²) in [4.78, 5) is 8.49. The van der Waals surface area contributed by atoms with Crippen molar-refractivity contribution >= 4 is 22.8 Å². The predicted molar refractivity (Wildman–Crippen MR) is 96.7 cm³/mol. The van der Waals surface area contributed by atoms with Crippen LogP contribution in [0.1, 0.15) is 24.2 Å². The van der Waals surface area contributed by atoms with Crippen molar-refractivity contribution in [3.8, 4) is 0 Å². The molecule has 0 spiro atoms. The summed E-state index contributed by atoms with van der Waals surface area (Å²) < 4.78 is 13.4. The molecule has 2 heterocycles. The maximum Gasteiger partial charge on any atom is 0.150 e. The number of nitrogens with one attached hydrogen (secondary N) is 1. The van der Waals surface area contributed by atoms with E-state index in [-0.39, 0.29) is 5.69 Å². The second-order valence-electron chi connectivity index (χ2n) is 5.67. The smallest absolute Gasteiger partial charge is 0.150 e. The zero-order valence-electron chi connectivity index (χ0n) is 13.7. The summed E-state index contributed by atoms with van der Waals surface area (Å²) in [7, 11) is 0. The van der Waals surface area contributed by atoms with Crippen molar-refractivity contribution in [1.82, 2.24) is 9.97 Å². The largest absolute Gasteiger partial charge is 0.411 e. The number of benzene rings is 1. The second kappa shape index (κ2) is 8.19. The molecule has 0 atom stereocenters. The van der Waals surface area contributed by atoms with Crippen molar-refractivity contribution in [1.29, 1.82) is 0 Å². The maximum absolute atomic E-state index is 13.4. The summed E-state index contributed by atoms with van der Waals surface area (Å²) in [6.45, 7) is 0.833. The van der Waals surface area contributed by atoms with E-state index in [0.29, 0.717) is 0 Å². The number of anilines is 1. The van der Waals surface area contributed by atoms with E-state index in [4.69, 9.17) is 5.21 Å². The van der Waals surface area contributed by atoms with Gasteiger partial charge in [-0.2, -0.15) is 0 Å². The maximum atomic E-state index is 13.4. The highest BCUT2D eigenvalue weighted by Crippen LogP contribution is 2.20. The Balaban J connectivity index is 1.51. The van der Waals surface area contributed by atoms with Crippen molar-refractivity contribution in [3.05, 3.63) is 65.9 Å². The fourth-order valence-electron chi connectivity index (χ4n) is 2.69. The third kappa shape index (κ3) is 4.29. The van der Waals surface area contributed by atoms with Crippen LogP contribution in [-0.4, -0.2) is 27.9 Å². The number of hydrogen-bond acceptors (Lipinski definition) is 5. The molecule has 0 saturated heterocycles. The van der Waals surface area contributed by atoms with Gasteiger partial charge in [-0.1, -0.05) is 23.4 Å². The molecule has 0 aliphatic heterocycles. The van der Waals surface area contributed by atoms with E-state index in [1.54, 1.807) is 12.3 Å². The van der Waals surface area contributed by atoms with Gasteiger partial charge in [-0.3, -0.25) is 4.98 Å². The summed E-state index contributed by atoms with van der Waals surface area (Å²) in [6, 6.07) is 13.0. The van der Waals surface area contributed by atoms with Crippen LogP contribution in [0.4, 0.5) is 10.1 Å². The van der Waals surface area contributed by atoms with Gasteiger partial charge in [0.1, 0.15) is 5.69 Å². The molecular weight excluding hydrogens is 319 g/mol. The van der Waals surface area contributed by atoms with E-state index >= 15 is 0 Å². The van der Waals surface area contributed by atoms with Crippen molar-refractivity contribution in [2.24, 2.45) is 5.16 Å². The lowest BCUT2D eigenvalue weighted by molar-refractivity contribution is 0.321. The summed E-state index contributed by atoms with van der Waals surface area (Å²) in [5.74, 6) is -0.493. The van der Waals surface area contributed by atoms with Gasteiger partial charge < -0.3 is 10.5 Å². The Hall–Kier alpha value is -3.02. The topological polar surface area (TPSA) is 70.4 Å². The number of rotatable bonds is 7. The standard InChI is InChI=1S/C19H19FN4O/c20-16-9-8-14(24-19(16)13-23-25)5-3-4-11-21-18-10-12-22-17-7-2-1-6-15(17)18/h1-2,6-10,12-13,25H,3-5,11H2,(H,21,22). The molecule has 1 aromatic carbocycles. The van der Waals surface area contributed by atoms with Crippen LogP contribution in [0.25, 0.3) is 10.9 Å². The zero-order valence-corrected chi connectivity index (χ0v) is 13.7. The highest BCUT2D eigenvalue weighted by atomic mass is 19.1. The molecule has 0 unspecified atom stereocenters. The highest BCUT2D eigenvalue weighted by molar-refractivity contribution is 5.90. The molecule has 3 aromatic rings. The van der Waals surface area contributed by atoms with Gasteiger partial charge in [-0.05, 0) is 43.5 Å². The Labute approximate surface area is 145 Å². The Bertz CT molecular complexity index is 877. The first kappa shape index (κ1) is 16.8. The van der Waals surface area contributed by atoms with Crippen LogP contribution in [0.15, 0.2) is 53.8 Å². The second-order valence-corrected chi connectivity index (χ2v) is 5.67. The molecule has 0 bridgehead atoms. The third-order valence-corrected chi connectivity index (χ3v) is 3.94. The summed E-state index contributed by atoms with van der Waals surface area (Å²) in [5.41, 5.74) is 2.89. The predicted octanol–water partition coefficient (Wildman–Crippen LogP) is 4.01. The Morgan fingerprint density at radius 2 is 2.00 bits per heavy atom.